The Balaban J connectivity index is 1.31. The smallest absolute Gasteiger partial charge is 0.222 e. The molecule has 2 aliphatic rings. The fraction of sp³-hybridized carbons (Fsp3) is 0.545. The van der Waals surface area contributed by atoms with Gasteiger partial charge < -0.3 is 19.9 Å². The molecule has 2 N–H and O–H groups in total. The molecule has 0 aliphatic carbocycles. The Labute approximate surface area is 185 Å². The quantitative estimate of drug-likeness (QED) is 0.703. The number of nitrogens with one attached hydrogen (secondary N) is 1. The summed E-state index contributed by atoms with van der Waals surface area (Å²) in [6.45, 7) is 2.20. The molecule has 0 bridgehead atoms. The summed E-state index contributed by atoms with van der Waals surface area (Å²) in [5, 5.41) is 16.1. The van der Waals surface area contributed by atoms with Crippen LogP contribution in [0.4, 0.5) is 4.39 Å². The Morgan fingerprint density at radius 3 is 2.90 bits per heavy atom. The maximum absolute atomic E-state index is 13.0. The van der Waals surface area contributed by atoms with Gasteiger partial charge in [-0.3, -0.25) is 9.69 Å². The van der Waals surface area contributed by atoms with Crippen LogP contribution in [0.2, 0.25) is 0 Å². The van der Waals surface area contributed by atoms with E-state index >= 15 is 0 Å². The molecular formula is C22H28FN3O4S. The predicted octanol–water partition coefficient (Wildman–Crippen LogP) is 2.10. The Kier molecular flexibility index (Phi) is 7.62. The summed E-state index contributed by atoms with van der Waals surface area (Å²) >= 11 is 1.60. The molecule has 0 spiro atoms. The summed E-state index contributed by atoms with van der Waals surface area (Å²) in [6.07, 6.45) is 2.81. The van der Waals surface area contributed by atoms with Gasteiger partial charge in [0.05, 0.1) is 44.5 Å². The van der Waals surface area contributed by atoms with Crippen molar-refractivity contribution in [3.8, 4) is 0 Å². The average Bonchev–Trinajstić information content (AvgIpc) is 3.25. The SMILES string of the molecule is O=C(C[C@H]1CC[C@H]2[C@@H](COC[C@@H](O)CN2Cc2nccs2)O1)NCc1ccc(F)cc1. The van der Waals surface area contributed by atoms with Gasteiger partial charge in [0.2, 0.25) is 5.91 Å². The molecule has 7 nitrogen and oxygen atoms in total. The second kappa shape index (κ2) is 10.6. The van der Waals surface area contributed by atoms with Crippen LogP contribution >= 0.6 is 11.3 Å². The average molecular weight is 450 g/mol. The summed E-state index contributed by atoms with van der Waals surface area (Å²) < 4.78 is 24.9. The number of rotatable bonds is 6. The Bertz CT molecular complexity index is 836. The first-order valence-corrected chi connectivity index (χ1v) is 11.5. The number of aliphatic hydroxyl groups is 1. The zero-order valence-corrected chi connectivity index (χ0v) is 18.1. The fourth-order valence-corrected chi connectivity index (χ4v) is 4.86. The van der Waals surface area contributed by atoms with E-state index in [4.69, 9.17) is 9.47 Å². The molecule has 9 heteroatoms. The third-order valence-corrected chi connectivity index (χ3v) is 6.49. The van der Waals surface area contributed by atoms with Gasteiger partial charge in [-0.15, -0.1) is 11.3 Å². The van der Waals surface area contributed by atoms with Gasteiger partial charge in [-0.2, -0.15) is 0 Å². The second-order valence-corrected chi connectivity index (χ2v) is 9.07. The summed E-state index contributed by atoms with van der Waals surface area (Å²) in [4.78, 5) is 19.0. The lowest BCUT2D eigenvalue weighted by atomic mass is 9.94. The van der Waals surface area contributed by atoms with Crippen molar-refractivity contribution < 1.29 is 23.8 Å². The molecule has 2 fully saturated rings. The molecule has 4 rings (SSSR count). The highest BCUT2D eigenvalue weighted by Crippen LogP contribution is 2.29. The van der Waals surface area contributed by atoms with Gasteiger partial charge in [0, 0.05) is 30.7 Å². The fourth-order valence-electron chi connectivity index (χ4n) is 4.21. The first-order chi connectivity index (χ1) is 15.1. The van der Waals surface area contributed by atoms with E-state index in [9.17, 15) is 14.3 Å². The van der Waals surface area contributed by atoms with Crippen LogP contribution in [0.15, 0.2) is 35.8 Å². The predicted molar refractivity (Wildman–Crippen MR) is 114 cm³/mol. The van der Waals surface area contributed by atoms with Crippen LogP contribution in [-0.2, 0) is 27.4 Å². The van der Waals surface area contributed by atoms with E-state index in [0.717, 1.165) is 23.4 Å². The molecule has 0 radical (unpaired) electrons. The highest BCUT2D eigenvalue weighted by atomic mass is 32.1. The number of amides is 1. The van der Waals surface area contributed by atoms with Gasteiger partial charge in [-0.05, 0) is 30.5 Å². The standard InChI is InChI=1S/C22H28FN3O4S/c23-16-3-1-15(2-4-16)10-25-21(28)9-18-5-6-19-20(30-18)14-29-13-17(27)11-26(19)12-22-24-7-8-31-22/h1-4,7-8,17-20,27H,5-6,9-14H2,(H,25,28)/t17-,18+,19-,20+/m0/s1. The van der Waals surface area contributed by atoms with Crippen molar-refractivity contribution in [1.82, 2.24) is 15.2 Å². The Morgan fingerprint density at radius 1 is 1.29 bits per heavy atom. The van der Waals surface area contributed by atoms with Crippen LogP contribution in [0.3, 0.4) is 0 Å². The highest BCUT2D eigenvalue weighted by Gasteiger charge is 2.38. The summed E-state index contributed by atoms with van der Waals surface area (Å²) in [6, 6.07) is 6.20. The lowest BCUT2D eigenvalue weighted by Gasteiger charge is -2.44. The molecule has 4 atom stereocenters. The number of carbonyl (C=O) groups excluding carboxylic acids is 1. The summed E-state index contributed by atoms with van der Waals surface area (Å²) in [5.41, 5.74) is 0.851. The van der Waals surface area contributed by atoms with Gasteiger partial charge >= 0.3 is 0 Å². The number of β-amino-alcohol motifs (C(OH)–C–C–N with tert-alkyl or cyclic N) is 1. The van der Waals surface area contributed by atoms with Gasteiger partial charge in [0.15, 0.2) is 0 Å². The molecule has 31 heavy (non-hydrogen) atoms. The molecule has 1 amide bonds. The van der Waals surface area contributed by atoms with Crippen molar-refractivity contribution in [3.63, 3.8) is 0 Å². The zero-order valence-electron chi connectivity index (χ0n) is 17.3. The molecule has 3 heterocycles. The van der Waals surface area contributed by atoms with Gasteiger partial charge in [0.1, 0.15) is 10.8 Å². The van der Waals surface area contributed by atoms with Crippen molar-refractivity contribution in [2.45, 2.75) is 56.7 Å². The van der Waals surface area contributed by atoms with Gasteiger partial charge in [-0.1, -0.05) is 12.1 Å². The number of aromatic nitrogens is 1. The monoisotopic (exact) mass is 449 g/mol. The minimum Gasteiger partial charge on any atom is -0.389 e. The first-order valence-electron chi connectivity index (χ1n) is 10.6. The molecule has 0 saturated carbocycles. The first kappa shape index (κ1) is 22.3. The molecule has 2 saturated heterocycles. The number of aliphatic hydroxyl groups excluding tert-OH is 1. The summed E-state index contributed by atoms with van der Waals surface area (Å²) in [5.74, 6) is -0.382. The van der Waals surface area contributed by atoms with E-state index in [-0.39, 0.29) is 43.0 Å². The molecular weight excluding hydrogens is 421 g/mol. The second-order valence-electron chi connectivity index (χ2n) is 8.10. The van der Waals surface area contributed by atoms with E-state index in [1.807, 2.05) is 5.38 Å². The normalized spacial score (nSPS) is 27.2. The third kappa shape index (κ3) is 6.30. The van der Waals surface area contributed by atoms with Gasteiger partial charge in [-0.25, -0.2) is 9.37 Å². The number of hydrogen-bond acceptors (Lipinski definition) is 7. The van der Waals surface area contributed by atoms with Crippen LogP contribution in [0.25, 0.3) is 0 Å². The van der Waals surface area contributed by atoms with Crippen LogP contribution in [-0.4, -0.2) is 65.0 Å². The molecule has 168 valence electrons. The molecule has 2 aromatic rings. The highest BCUT2D eigenvalue weighted by molar-refractivity contribution is 7.09. The molecule has 2 aliphatic heterocycles. The van der Waals surface area contributed by atoms with Crippen molar-refractivity contribution in [3.05, 3.63) is 52.2 Å². The van der Waals surface area contributed by atoms with E-state index in [1.165, 1.54) is 12.1 Å². The van der Waals surface area contributed by atoms with E-state index < -0.39 is 6.10 Å². The van der Waals surface area contributed by atoms with Crippen molar-refractivity contribution in [1.29, 1.82) is 0 Å². The van der Waals surface area contributed by atoms with Crippen LogP contribution in [0.1, 0.15) is 29.8 Å². The summed E-state index contributed by atoms with van der Waals surface area (Å²) in [7, 11) is 0. The number of thiazole rings is 1. The van der Waals surface area contributed by atoms with Crippen LogP contribution < -0.4 is 5.32 Å². The van der Waals surface area contributed by atoms with E-state index in [0.29, 0.717) is 26.2 Å². The molecule has 0 unspecified atom stereocenters. The number of benzene rings is 1. The lowest BCUT2D eigenvalue weighted by molar-refractivity contribution is -0.158. The maximum atomic E-state index is 13.0. The maximum Gasteiger partial charge on any atom is 0.222 e. The molecule has 1 aromatic carbocycles. The number of hydrogen-bond donors (Lipinski definition) is 2. The Hall–Kier alpha value is -1.91. The lowest BCUT2D eigenvalue weighted by Crippen LogP contribution is -2.55. The third-order valence-electron chi connectivity index (χ3n) is 5.73. The Morgan fingerprint density at radius 2 is 2.13 bits per heavy atom. The van der Waals surface area contributed by atoms with Crippen LogP contribution in [0, 0.1) is 5.82 Å². The number of carbonyl (C=O) groups is 1. The van der Waals surface area contributed by atoms with Crippen molar-refractivity contribution in [2.24, 2.45) is 0 Å². The zero-order chi connectivity index (χ0) is 21.6. The van der Waals surface area contributed by atoms with Crippen LogP contribution in [0.5, 0.6) is 0 Å². The topological polar surface area (TPSA) is 83.9 Å². The minimum atomic E-state index is -0.545. The number of halogens is 1. The number of fused-ring (bicyclic) bond motifs is 1. The van der Waals surface area contributed by atoms with Gasteiger partial charge in [0.25, 0.3) is 0 Å². The number of nitrogens with zero attached hydrogens (tertiary/aromatic N) is 2. The number of ether oxygens (including phenoxy) is 2. The van der Waals surface area contributed by atoms with Crippen molar-refractivity contribution in [2.75, 3.05) is 19.8 Å². The molecule has 1 aromatic heterocycles. The van der Waals surface area contributed by atoms with E-state index in [1.54, 1.807) is 29.7 Å². The minimum absolute atomic E-state index is 0.0883. The van der Waals surface area contributed by atoms with Crippen molar-refractivity contribution >= 4 is 17.2 Å². The van der Waals surface area contributed by atoms with E-state index in [2.05, 4.69) is 15.2 Å². The largest absolute Gasteiger partial charge is 0.389 e.